The summed E-state index contributed by atoms with van der Waals surface area (Å²) >= 11 is 6.00. The van der Waals surface area contributed by atoms with Crippen LogP contribution in [-0.2, 0) is 0 Å². The lowest BCUT2D eigenvalue weighted by atomic mass is 10.2. The lowest BCUT2D eigenvalue weighted by molar-refractivity contribution is 0.315. The molecule has 1 heterocycles. The Kier molecular flexibility index (Phi) is 1.84. The lowest BCUT2D eigenvalue weighted by Gasteiger charge is -2.13. The van der Waals surface area contributed by atoms with E-state index >= 15 is 0 Å². The third-order valence-corrected chi connectivity index (χ3v) is 2.11. The first-order valence-electron chi connectivity index (χ1n) is 3.77. The van der Waals surface area contributed by atoms with E-state index in [1.807, 2.05) is 25.1 Å². The summed E-state index contributed by atoms with van der Waals surface area (Å²) < 4.78 is 4.58. The van der Waals surface area contributed by atoms with Crippen LogP contribution in [0.3, 0.4) is 0 Å². The van der Waals surface area contributed by atoms with Crippen molar-refractivity contribution in [2.45, 2.75) is 0 Å². The van der Waals surface area contributed by atoms with E-state index in [1.165, 1.54) is 0 Å². The van der Waals surface area contributed by atoms with Crippen LogP contribution in [0.15, 0.2) is 16.8 Å². The van der Waals surface area contributed by atoms with Crippen LogP contribution in [0.5, 0.6) is 0 Å². The zero-order chi connectivity index (χ0) is 9.42. The number of benzene rings is 1. The third kappa shape index (κ3) is 1.33. The maximum Gasteiger partial charge on any atom is 0.137 e. The Hall–Kier alpha value is -1.29. The standard InChI is InChI=1S/C8H8ClN3O/c1-12(2)8-4-7-6(3-5(8)9)10-13-11-7/h3-4H,1-2H3. The molecule has 0 aliphatic rings. The molecule has 0 aliphatic heterocycles. The molecule has 13 heavy (non-hydrogen) atoms. The summed E-state index contributed by atoms with van der Waals surface area (Å²) in [5.41, 5.74) is 2.30. The molecule has 68 valence electrons. The average molecular weight is 198 g/mol. The first kappa shape index (κ1) is 8.31. The number of fused-ring (bicyclic) bond motifs is 1. The van der Waals surface area contributed by atoms with Crippen LogP contribution in [0, 0.1) is 0 Å². The van der Waals surface area contributed by atoms with E-state index in [4.69, 9.17) is 11.6 Å². The monoisotopic (exact) mass is 197 g/mol. The van der Waals surface area contributed by atoms with Crippen LogP contribution in [0.1, 0.15) is 0 Å². The van der Waals surface area contributed by atoms with Gasteiger partial charge in [-0.05, 0) is 22.4 Å². The second kappa shape index (κ2) is 2.88. The fraction of sp³-hybridized carbons (Fsp3) is 0.250. The van der Waals surface area contributed by atoms with Gasteiger partial charge in [-0.2, -0.15) is 0 Å². The highest BCUT2D eigenvalue weighted by Crippen LogP contribution is 2.27. The molecular weight excluding hydrogens is 190 g/mol. The van der Waals surface area contributed by atoms with Crippen molar-refractivity contribution in [3.05, 3.63) is 17.2 Å². The van der Waals surface area contributed by atoms with Crippen molar-refractivity contribution < 1.29 is 4.63 Å². The Morgan fingerprint density at radius 2 is 1.85 bits per heavy atom. The largest absolute Gasteiger partial charge is 0.376 e. The Morgan fingerprint density at radius 1 is 1.23 bits per heavy atom. The van der Waals surface area contributed by atoms with Gasteiger partial charge >= 0.3 is 0 Å². The molecule has 0 N–H and O–H groups in total. The van der Waals surface area contributed by atoms with Crippen molar-refractivity contribution in [1.29, 1.82) is 0 Å². The lowest BCUT2D eigenvalue weighted by Crippen LogP contribution is -2.08. The van der Waals surface area contributed by atoms with Gasteiger partial charge in [0.15, 0.2) is 0 Å². The highest BCUT2D eigenvalue weighted by atomic mass is 35.5. The number of anilines is 1. The molecule has 0 amide bonds. The van der Waals surface area contributed by atoms with Gasteiger partial charge in [0.1, 0.15) is 11.0 Å². The van der Waals surface area contributed by atoms with E-state index in [-0.39, 0.29) is 0 Å². The van der Waals surface area contributed by atoms with Crippen molar-refractivity contribution in [3.8, 4) is 0 Å². The second-order valence-corrected chi connectivity index (χ2v) is 3.36. The fourth-order valence-corrected chi connectivity index (χ4v) is 1.46. The Morgan fingerprint density at radius 3 is 2.46 bits per heavy atom. The van der Waals surface area contributed by atoms with Crippen molar-refractivity contribution in [3.63, 3.8) is 0 Å². The van der Waals surface area contributed by atoms with Gasteiger partial charge in [0.05, 0.1) is 10.7 Å². The number of halogens is 1. The molecule has 0 fully saturated rings. The van der Waals surface area contributed by atoms with Crippen molar-refractivity contribution in [2.24, 2.45) is 0 Å². The maximum absolute atomic E-state index is 6.00. The van der Waals surface area contributed by atoms with Crippen LogP contribution >= 0.6 is 11.6 Å². The van der Waals surface area contributed by atoms with Gasteiger partial charge in [0.25, 0.3) is 0 Å². The van der Waals surface area contributed by atoms with Gasteiger partial charge in [-0.3, -0.25) is 0 Å². The smallest absolute Gasteiger partial charge is 0.137 e. The molecular formula is C8H8ClN3O. The molecule has 5 heteroatoms. The molecule has 2 rings (SSSR count). The van der Waals surface area contributed by atoms with Crippen molar-refractivity contribution >= 4 is 28.3 Å². The van der Waals surface area contributed by atoms with E-state index in [0.717, 1.165) is 5.69 Å². The minimum Gasteiger partial charge on any atom is -0.376 e. The van der Waals surface area contributed by atoms with Crippen LogP contribution in [0.2, 0.25) is 5.02 Å². The molecule has 0 atom stereocenters. The molecule has 0 radical (unpaired) electrons. The summed E-state index contributed by atoms with van der Waals surface area (Å²) in [5, 5.41) is 8.07. The van der Waals surface area contributed by atoms with Gasteiger partial charge in [-0.25, -0.2) is 4.63 Å². The van der Waals surface area contributed by atoms with Gasteiger partial charge in [-0.1, -0.05) is 11.6 Å². The summed E-state index contributed by atoms with van der Waals surface area (Å²) in [4.78, 5) is 1.91. The molecule has 2 aromatic rings. The summed E-state index contributed by atoms with van der Waals surface area (Å²) in [6.07, 6.45) is 0. The number of rotatable bonds is 1. The molecule has 0 saturated heterocycles. The van der Waals surface area contributed by atoms with Crippen LogP contribution in [0.25, 0.3) is 11.0 Å². The highest BCUT2D eigenvalue weighted by molar-refractivity contribution is 6.34. The maximum atomic E-state index is 6.00. The molecule has 0 aliphatic carbocycles. The van der Waals surface area contributed by atoms with Gasteiger partial charge < -0.3 is 4.90 Å². The first-order chi connectivity index (χ1) is 6.18. The van der Waals surface area contributed by atoms with Crippen molar-refractivity contribution in [1.82, 2.24) is 10.3 Å². The first-order valence-corrected chi connectivity index (χ1v) is 4.15. The van der Waals surface area contributed by atoms with Crippen molar-refractivity contribution in [2.75, 3.05) is 19.0 Å². The fourth-order valence-electron chi connectivity index (χ4n) is 1.14. The van der Waals surface area contributed by atoms with E-state index in [1.54, 1.807) is 6.07 Å². The zero-order valence-electron chi connectivity index (χ0n) is 7.28. The van der Waals surface area contributed by atoms with E-state index in [9.17, 15) is 0 Å². The normalized spacial score (nSPS) is 10.7. The predicted molar refractivity (Wildman–Crippen MR) is 51.1 cm³/mol. The molecule has 0 bridgehead atoms. The Labute approximate surface area is 80.0 Å². The van der Waals surface area contributed by atoms with E-state index in [2.05, 4.69) is 14.9 Å². The van der Waals surface area contributed by atoms with Gasteiger partial charge in [-0.15, -0.1) is 0 Å². The molecule has 0 spiro atoms. The summed E-state index contributed by atoms with van der Waals surface area (Å²) in [6, 6.07) is 3.58. The molecule has 0 saturated carbocycles. The minimum atomic E-state index is 0.646. The number of nitrogens with zero attached hydrogens (tertiary/aromatic N) is 3. The number of hydrogen-bond donors (Lipinski definition) is 0. The Bertz CT molecular complexity index is 438. The van der Waals surface area contributed by atoms with E-state index < -0.39 is 0 Å². The van der Waals surface area contributed by atoms with Crippen LogP contribution < -0.4 is 4.90 Å². The van der Waals surface area contributed by atoms with Crippen LogP contribution in [0.4, 0.5) is 5.69 Å². The summed E-state index contributed by atoms with van der Waals surface area (Å²) in [5.74, 6) is 0. The Balaban J connectivity index is 2.69. The second-order valence-electron chi connectivity index (χ2n) is 2.95. The zero-order valence-corrected chi connectivity index (χ0v) is 8.04. The van der Waals surface area contributed by atoms with Gasteiger partial charge in [0, 0.05) is 14.1 Å². The number of hydrogen-bond acceptors (Lipinski definition) is 4. The third-order valence-electron chi connectivity index (χ3n) is 1.80. The summed E-state index contributed by atoms with van der Waals surface area (Å²) in [7, 11) is 3.83. The number of aromatic nitrogens is 2. The molecule has 4 nitrogen and oxygen atoms in total. The molecule has 1 aromatic heterocycles. The minimum absolute atomic E-state index is 0.646. The molecule has 0 unspecified atom stereocenters. The average Bonchev–Trinajstić information content (AvgIpc) is 2.48. The topological polar surface area (TPSA) is 42.2 Å². The SMILES string of the molecule is CN(C)c1cc2nonc2cc1Cl. The predicted octanol–water partition coefficient (Wildman–Crippen LogP) is 1.94. The van der Waals surface area contributed by atoms with Gasteiger partial charge in [0.2, 0.25) is 0 Å². The quantitative estimate of drug-likeness (QED) is 0.701. The van der Waals surface area contributed by atoms with Crippen LogP contribution in [-0.4, -0.2) is 24.4 Å². The summed E-state index contributed by atoms with van der Waals surface area (Å²) in [6.45, 7) is 0. The molecule has 1 aromatic carbocycles. The van der Waals surface area contributed by atoms with E-state index in [0.29, 0.717) is 16.1 Å². The highest BCUT2D eigenvalue weighted by Gasteiger charge is 2.07.